The van der Waals surface area contributed by atoms with Crippen molar-refractivity contribution in [2.45, 2.75) is 19.9 Å². The number of aromatic nitrogens is 2. The van der Waals surface area contributed by atoms with Gasteiger partial charge >= 0.3 is 0 Å². The van der Waals surface area contributed by atoms with E-state index in [2.05, 4.69) is 41.7 Å². The number of amides is 1. The highest BCUT2D eigenvalue weighted by Crippen LogP contribution is 2.25. The van der Waals surface area contributed by atoms with Crippen LogP contribution < -0.4 is 19.7 Å². The van der Waals surface area contributed by atoms with Gasteiger partial charge in [-0.05, 0) is 54.3 Å². The van der Waals surface area contributed by atoms with E-state index < -0.39 is 0 Å². The first-order chi connectivity index (χ1) is 16.1. The second-order valence-electron chi connectivity index (χ2n) is 7.60. The molecular formula is C25H28N4O3S. The Morgan fingerprint density at radius 2 is 1.94 bits per heavy atom. The smallest absolute Gasteiger partial charge is 0.252 e. The topological polar surface area (TPSA) is 68.1 Å². The molecule has 1 amide bonds. The van der Waals surface area contributed by atoms with Crippen LogP contribution in [0.3, 0.4) is 0 Å². The van der Waals surface area contributed by atoms with Crippen LogP contribution in [0.25, 0.3) is 5.65 Å². The molecule has 7 nitrogen and oxygen atoms in total. The van der Waals surface area contributed by atoms with Crippen LogP contribution in [0.5, 0.6) is 11.5 Å². The summed E-state index contributed by atoms with van der Waals surface area (Å²) < 4.78 is 12.8. The van der Waals surface area contributed by atoms with E-state index in [0.717, 1.165) is 41.6 Å². The number of anilines is 1. The lowest BCUT2D eigenvalue weighted by Crippen LogP contribution is -2.28. The van der Waals surface area contributed by atoms with E-state index in [1.54, 1.807) is 18.4 Å². The molecule has 0 bridgehead atoms. The van der Waals surface area contributed by atoms with E-state index in [1.165, 1.54) is 4.88 Å². The first kappa shape index (κ1) is 22.7. The standard InChI is InChI=1S/C25H28N4O3S/c1-4-22-25(28(2)17-21-6-5-15-33-21)29-16-18(7-12-23(29)27-22)24(30)26-13-14-32-20-10-8-19(31-3)9-11-20/h5-12,15-16H,4,13-14,17H2,1-3H3,(H,26,30). The number of thiophene rings is 1. The highest BCUT2D eigenvalue weighted by Gasteiger charge is 2.17. The van der Waals surface area contributed by atoms with Gasteiger partial charge < -0.3 is 19.7 Å². The average molecular weight is 465 g/mol. The summed E-state index contributed by atoms with van der Waals surface area (Å²) in [5, 5.41) is 5.01. The molecule has 0 fully saturated rings. The molecule has 0 aliphatic heterocycles. The van der Waals surface area contributed by atoms with Crippen molar-refractivity contribution in [1.29, 1.82) is 0 Å². The predicted octanol–water partition coefficient (Wildman–Crippen LogP) is 4.41. The monoisotopic (exact) mass is 464 g/mol. The number of hydrogen-bond donors (Lipinski definition) is 1. The molecule has 172 valence electrons. The summed E-state index contributed by atoms with van der Waals surface area (Å²) in [6.07, 6.45) is 2.68. The van der Waals surface area contributed by atoms with Crippen molar-refractivity contribution in [2.75, 3.05) is 32.2 Å². The van der Waals surface area contributed by atoms with E-state index in [4.69, 9.17) is 14.5 Å². The van der Waals surface area contributed by atoms with Gasteiger partial charge in [-0.3, -0.25) is 9.20 Å². The molecule has 8 heteroatoms. The number of pyridine rings is 1. The van der Waals surface area contributed by atoms with Gasteiger partial charge in [0.05, 0.1) is 31.5 Å². The number of nitrogens with zero attached hydrogens (tertiary/aromatic N) is 3. The molecule has 0 aliphatic carbocycles. The van der Waals surface area contributed by atoms with E-state index in [-0.39, 0.29) is 5.91 Å². The molecule has 4 rings (SSSR count). The van der Waals surface area contributed by atoms with Crippen molar-refractivity contribution in [3.05, 3.63) is 76.2 Å². The van der Waals surface area contributed by atoms with Crippen LogP contribution in [-0.2, 0) is 13.0 Å². The highest BCUT2D eigenvalue weighted by molar-refractivity contribution is 7.09. The third-order valence-corrected chi connectivity index (χ3v) is 6.17. The molecule has 0 saturated heterocycles. The summed E-state index contributed by atoms with van der Waals surface area (Å²) in [6.45, 7) is 3.66. The lowest BCUT2D eigenvalue weighted by atomic mass is 10.2. The first-order valence-electron chi connectivity index (χ1n) is 10.9. The van der Waals surface area contributed by atoms with Gasteiger partial charge in [-0.15, -0.1) is 11.3 Å². The predicted molar refractivity (Wildman–Crippen MR) is 132 cm³/mol. The minimum absolute atomic E-state index is 0.145. The van der Waals surface area contributed by atoms with Crippen LogP contribution in [-0.4, -0.2) is 42.6 Å². The van der Waals surface area contributed by atoms with Gasteiger partial charge in [0.25, 0.3) is 5.91 Å². The number of benzene rings is 1. The Hall–Kier alpha value is -3.52. The van der Waals surface area contributed by atoms with Crippen LogP contribution >= 0.6 is 11.3 Å². The van der Waals surface area contributed by atoms with Gasteiger partial charge in [-0.2, -0.15) is 0 Å². The maximum atomic E-state index is 12.8. The Kier molecular flexibility index (Phi) is 7.14. The van der Waals surface area contributed by atoms with Crippen molar-refractivity contribution in [3.63, 3.8) is 0 Å². The van der Waals surface area contributed by atoms with Gasteiger partial charge in [0.15, 0.2) is 0 Å². The maximum absolute atomic E-state index is 12.8. The zero-order valence-electron chi connectivity index (χ0n) is 19.1. The zero-order chi connectivity index (χ0) is 23.2. The van der Waals surface area contributed by atoms with Crippen LogP contribution in [0.4, 0.5) is 5.82 Å². The molecule has 0 saturated carbocycles. The molecule has 0 radical (unpaired) electrons. The molecule has 0 aliphatic rings. The molecule has 0 unspecified atom stereocenters. The number of hydrogen-bond acceptors (Lipinski definition) is 6. The number of imidazole rings is 1. The van der Waals surface area contributed by atoms with Crippen LogP contribution in [0, 0.1) is 0 Å². The lowest BCUT2D eigenvalue weighted by Gasteiger charge is -2.19. The van der Waals surface area contributed by atoms with E-state index in [0.29, 0.717) is 18.7 Å². The molecule has 0 spiro atoms. The molecule has 4 aromatic rings. The van der Waals surface area contributed by atoms with Crippen molar-refractivity contribution in [1.82, 2.24) is 14.7 Å². The quantitative estimate of drug-likeness (QED) is 0.352. The number of rotatable bonds is 10. The Labute approximate surface area is 197 Å². The average Bonchev–Trinajstić information content (AvgIpc) is 3.48. The van der Waals surface area contributed by atoms with E-state index in [9.17, 15) is 4.79 Å². The number of nitrogens with one attached hydrogen (secondary N) is 1. The molecule has 0 atom stereocenters. The fourth-order valence-corrected chi connectivity index (χ4v) is 4.43. The van der Waals surface area contributed by atoms with E-state index in [1.807, 2.05) is 47.0 Å². The second-order valence-corrected chi connectivity index (χ2v) is 8.63. The second kappa shape index (κ2) is 10.4. The fraction of sp³-hybridized carbons (Fsp3) is 0.280. The van der Waals surface area contributed by atoms with Crippen LogP contribution in [0.2, 0.25) is 0 Å². The van der Waals surface area contributed by atoms with E-state index >= 15 is 0 Å². The third kappa shape index (κ3) is 5.28. The Morgan fingerprint density at radius 1 is 1.15 bits per heavy atom. The molecule has 1 N–H and O–H groups in total. The van der Waals surface area contributed by atoms with Crippen molar-refractivity contribution < 1.29 is 14.3 Å². The van der Waals surface area contributed by atoms with Crippen LogP contribution in [0.1, 0.15) is 27.9 Å². The normalized spacial score (nSPS) is 10.9. The SMILES string of the molecule is CCc1nc2ccc(C(=O)NCCOc3ccc(OC)cc3)cn2c1N(C)Cc1cccs1. The molecule has 33 heavy (non-hydrogen) atoms. The zero-order valence-corrected chi connectivity index (χ0v) is 19.9. The lowest BCUT2D eigenvalue weighted by molar-refractivity contribution is 0.0946. The number of fused-ring (bicyclic) bond motifs is 1. The van der Waals surface area contributed by atoms with Gasteiger partial charge in [0.2, 0.25) is 0 Å². The summed E-state index contributed by atoms with van der Waals surface area (Å²) in [5.74, 6) is 2.37. The number of carbonyl (C=O) groups is 1. The Balaban J connectivity index is 1.43. The molecular weight excluding hydrogens is 436 g/mol. The van der Waals surface area contributed by atoms with Gasteiger partial charge in [-0.25, -0.2) is 4.98 Å². The summed E-state index contributed by atoms with van der Waals surface area (Å²) in [6, 6.07) is 15.2. The van der Waals surface area contributed by atoms with Crippen molar-refractivity contribution >= 4 is 28.7 Å². The van der Waals surface area contributed by atoms with Crippen molar-refractivity contribution in [2.24, 2.45) is 0 Å². The summed E-state index contributed by atoms with van der Waals surface area (Å²) in [4.78, 5) is 21.0. The number of carbonyl (C=O) groups excluding carboxylic acids is 1. The Morgan fingerprint density at radius 3 is 2.64 bits per heavy atom. The summed E-state index contributed by atoms with van der Waals surface area (Å²) in [5.41, 5.74) is 2.43. The minimum Gasteiger partial charge on any atom is -0.497 e. The molecule has 3 aromatic heterocycles. The van der Waals surface area contributed by atoms with Gasteiger partial charge in [-0.1, -0.05) is 13.0 Å². The number of ether oxygens (including phenoxy) is 2. The first-order valence-corrected chi connectivity index (χ1v) is 11.8. The minimum atomic E-state index is -0.145. The number of aryl methyl sites for hydroxylation is 1. The maximum Gasteiger partial charge on any atom is 0.252 e. The van der Waals surface area contributed by atoms with Gasteiger partial charge in [0, 0.05) is 18.1 Å². The number of methoxy groups -OCH3 is 1. The largest absolute Gasteiger partial charge is 0.497 e. The highest BCUT2D eigenvalue weighted by atomic mass is 32.1. The van der Waals surface area contributed by atoms with Crippen LogP contribution in [0.15, 0.2) is 60.1 Å². The van der Waals surface area contributed by atoms with Gasteiger partial charge in [0.1, 0.15) is 29.6 Å². The summed E-state index contributed by atoms with van der Waals surface area (Å²) in [7, 11) is 3.69. The molecule has 3 heterocycles. The Bertz CT molecular complexity index is 1200. The fourth-order valence-electron chi connectivity index (χ4n) is 3.68. The van der Waals surface area contributed by atoms with Crippen molar-refractivity contribution in [3.8, 4) is 11.5 Å². The molecule has 1 aromatic carbocycles. The third-order valence-electron chi connectivity index (χ3n) is 5.31. The summed E-state index contributed by atoms with van der Waals surface area (Å²) >= 11 is 1.73.